The van der Waals surface area contributed by atoms with Gasteiger partial charge in [0.05, 0.1) is 31.3 Å². The average Bonchev–Trinajstić information content (AvgIpc) is 3.16. The largest absolute Gasteiger partial charge is 0.466 e. The molecule has 2 unspecified atom stereocenters. The SMILES string of the molecule is COC(=O)C1=C(CN2CC(F)(F)CC2C(C)=O)NC(c2nccn2C)=NC1C. The van der Waals surface area contributed by atoms with E-state index in [4.69, 9.17) is 4.74 Å². The van der Waals surface area contributed by atoms with E-state index in [9.17, 15) is 18.4 Å². The number of nitrogens with zero attached hydrogens (tertiary/aromatic N) is 4. The maximum Gasteiger partial charge on any atom is 0.337 e. The first-order valence-corrected chi connectivity index (χ1v) is 8.89. The second kappa shape index (κ2) is 7.42. The Kier molecular flexibility index (Phi) is 5.33. The molecule has 1 aromatic heterocycles. The highest BCUT2D eigenvalue weighted by molar-refractivity contribution is 6.01. The molecule has 28 heavy (non-hydrogen) atoms. The van der Waals surface area contributed by atoms with E-state index in [1.807, 2.05) is 0 Å². The standard InChI is InChI=1S/C18H23F2N5O3/c1-10-14(17(27)28-4)12(23-15(22-10)16-21-5-6-24(16)3)8-25-9-18(19,20)7-13(25)11(2)26/h5-6,10,13H,7-9H2,1-4H3,(H,22,23). The molecule has 152 valence electrons. The van der Waals surface area contributed by atoms with Crippen molar-refractivity contribution in [2.45, 2.75) is 38.3 Å². The number of nitrogens with one attached hydrogen (secondary N) is 1. The fraction of sp³-hybridized carbons (Fsp3) is 0.556. The van der Waals surface area contributed by atoms with Gasteiger partial charge in [0.2, 0.25) is 0 Å². The molecule has 1 N–H and O–H groups in total. The lowest BCUT2D eigenvalue weighted by molar-refractivity contribution is -0.136. The van der Waals surface area contributed by atoms with Crippen LogP contribution in [0.3, 0.4) is 0 Å². The number of alkyl halides is 2. The number of halogens is 2. The number of aromatic nitrogens is 2. The molecule has 3 heterocycles. The van der Waals surface area contributed by atoms with Gasteiger partial charge in [-0.3, -0.25) is 14.7 Å². The molecular formula is C18H23F2N5O3. The van der Waals surface area contributed by atoms with Crippen molar-refractivity contribution < 1.29 is 23.1 Å². The first-order chi connectivity index (χ1) is 13.1. The molecule has 0 aromatic carbocycles. The lowest BCUT2D eigenvalue weighted by atomic mass is 10.0. The van der Waals surface area contributed by atoms with Crippen LogP contribution < -0.4 is 5.32 Å². The first kappa shape index (κ1) is 20.1. The molecule has 2 aliphatic rings. The Bertz CT molecular complexity index is 861. The maximum absolute atomic E-state index is 14.0. The van der Waals surface area contributed by atoms with E-state index >= 15 is 0 Å². The molecular weight excluding hydrogens is 372 g/mol. The minimum Gasteiger partial charge on any atom is -0.466 e. The zero-order valence-electron chi connectivity index (χ0n) is 16.2. The molecule has 0 saturated carbocycles. The molecule has 0 amide bonds. The van der Waals surface area contributed by atoms with Crippen LogP contribution in [-0.4, -0.2) is 70.2 Å². The molecule has 1 aromatic rings. The summed E-state index contributed by atoms with van der Waals surface area (Å²) in [7, 11) is 3.04. The molecule has 0 bridgehead atoms. The van der Waals surface area contributed by atoms with Gasteiger partial charge >= 0.3 is 5.97 Å². The Morgan fingerprint density at radius 2 is 2.14 bits per heavy atom. The van der Waals surface area contributed by atoms with E-state index in [0.29, 0.717) is 17.4 Å². The van der Waals surface area contributed by atoms with E-state index in [0.717, 1.165) is 0 Å². The predicted molar refractivity (Wildman–Crippen MR) is 97.0 cm³/mol. The minimum absolute atomic E-state index is 0.0297. The van der Waals surface area contributed by atoms with Crippen molar-refractivity contribution in [2.24, 2.45) is 12.0 Å². The number of hydrogen-bond acceptors (Lipinski definition) is 7. The highest BCUT2D eigenvalue weighted by atomic mass is 19.3. The monoisotopic (exact) mass is 395 g/mol. The number of aliphatic imine (C=N–C) groups is 1. The van der Waals surface area contributed by atoms with E-state index < -0.39 is 36.9 Å². The summed E-state index contributed by atoms with van der Waals surface area (Å²) in [6.45, 7) is 2.43. The van der Waals surface area contributed by atoms with E-state index in [1.165, 1.54) is 18.9 Å². The third-order valence-electron chi connectivity index (χ3n) is 4.97. The zero-order valence-corrected chi connectivity index (χ0v) is 16.2. The van der Waals surface area contributed by atoms with Gasteiger partial charge in [0.15, 0.2) is 11.7 Å². The smallest absolute Gasteiger partial charge is 0.337 e. The molecule has 1 fully saturated rings. The Morgan fingerprint density at radius 1 is 1.43 bits per heavy atom. The van der Waals surface area contributed by atoms with Gasteiger partial charge in [0, 0.05) is 38.1 Å². The van der Waals surface area contributed by atoms with Gasteiger partial charge in [-0.2, -0.15) is 0 Å². The number of likely N-dealkylation sites (tertiary alicyclic amines) is 1. The average molecular weight is 395 g/mol. The third kappa shape index (κ3) is 3.82. The van der Waals surface area contributed by atoms with Crippen molar-refractivity contribution in [3.05, 3.63) is 29.5 Å². The van der Waals surface area contributed by atoms with Crippen molar-refractivity contribution in [3.63, 3.8) is 0 Å². The number of esters is 1. The molecule has 0 spiro atoms. The fourth-order valence-electron chi connectivity index (χ4n) is 3.64. The molecule has 8 nitrogen and oxygen atoms in total. The molecule has 3 rings (SSSR count). The van der Waals surface area contributed by atoms with Crippen molar-refractivity contribution in [1.82, 2.24) is 19.8 Å². The van der Waals surface area contributed by atoms with Gasteiger partial charge in [-0.1, -0.05) is 0 Å². The Morgan fingerprint density at radius 3 is 2.71 bits per heavy atom. The zero-order chi connectivity index (χ0) is 20.6. The number of hydrogen-bond donors (Lipinski definition) is 1. The van der Waals surface area contributed by atoms with Gasteiger partial charge in [0.25, 0.3) is 5.92 Å². The van der Waals surface area contributed by atoms with Crippen LogP contribution in [0.15, 0.2) is 28.7 Å². The number of ketones is 1. The van der Waals surface area contributed by atoms with Crippen LogP contribution in [0.5, 0.6) is 0 Å². The number of rotatable bonds is 5. The quantitative estimate of drug-likeness (QED) is 0.745. The number of methoxy groups -OCH3 is 1. The van der Waals surface area contributed by atoms with Gasteiger partial charge in [-0.05, 0) is 13.8 Å². The molecule has 2 aliphatic heterocycles. The maximum atomic E-state index is 14.0. The number of aryl methyl sites for hydroxylation is 1. The van der Waals surface area contributed by atoms with Crippen LogP contribution >= 0.6 is 0 Å². The summed E-state index contributed by atoms with van der Waals surface area (Å²) in [4.78, 5) is 34.3. The molecule has 1 saturated heterocycles. The second-order valence-electron chi connectivity index (χ2n) is 7.12. The normalized spacial score (nSPS) is 24.7. The van der Waals surface area contributed by atoms with Crippen LogP contribution in [0.4, 0.5) is 8.78 Å². The Labute approximate surface area is 161 Å². The van der Waals surface area contributed by atoms with Gasteiger partial charge < -0.3 is 14.6 Å². The summed E-state index contributed by atoms with van der Waals surface area (Å²) in [5, 5.41) is 3.05. The van der Waals surface area contributed by atoms with E-state index in [1.54, 1.807) is 30.9 Å². The summed E-state index contributed by atoms with van der Waals surface area (Å²) >= 11 is 0. The summed E-state index contributed by atoms with van der Waals surface area (Å²) in [5.74, 6) is -2.92. The lowest BCUT2D eigenvalue weighted by Gasteiger charge is -2.29. The van der Waals surface area contributed by atoms with Gasteiger partial charge in [-0.25, -0.2) is 18.6 Å². The number of carbonyl (C=O) groups is 2. The highest BCUT2D eigenvalue weighted by Gasteiger charge is 2.47. The van der Waals surface area contributed by atoms with E-state index in [-0.39, 0.29) is 17.9 Å². The number of Topliss-reactive ketones (excluding diaryl/α,β-unsaturated/α-hetero) is 1. The minimum atomic E-state index is -2.96. The Balaban J connectivity index is 1.95. The van der Waals surface area contributed by atoms with Crippen molar-refractivity contribution in [3.8, 4) is 0 Å². The van der Waals surface area contributed by atoms with Crippen LogP contribution in [0, 0.1) is 0 Å². The first-order valence-electron chi connectivity index (χ1n) is 8.89. The number of imidazole rings is 1. The molecule has 0 aliphatic carbocycles. The topological polar surface area (TPSA) is 88.8 Å². The van der Waals surface area contributed by atoms with Gasteiger partial charge in [-0.15, -0.1) is 0 Å². The van der Waals surface area contributed by atoms with Gasteiger partial charge in [0.1, 0.15) is 5.78 Å². The van der Waals surface area contributed by atoms with Crippen LogP contribution in [0.1, 0.15) is 26.1 Å². The summed E-state index contributed by atoms with van der Waals surface area (Å²) in [5.41, 5.74) is 0.634. The van der Waals surface area contributed by atoms with E-state index in [2.05, 4.69) is 15.3 Å². The molecule has 10 heteroatoms. The van der Waals surface area contributed by atoms with Crippen molar-refractivity contribution in [1.29, 1.82) is 0 Å². The van der Waals surface area contributed by atoms with Crippen LogP contribution in [-0.2, 0) is 21.4 Å². The summed E-state index contributed by atoms with van der Waals surface area (Å²) < 4.78 is 34.5. The summed E-state index contributed by atoms with van der Waals surface area (Å²) in [6, 6.07) is -1.47. The Hall–Kier alpha value is -2.62. The highest BCUT2D eigenvalue weighted by Crippen LogP contribution is 2.33. The fourth-order valence-corrected chi connectivity index (χ4v) is 3.64. The lowest BCUT2D eigenvalue weighted by Crippen LogP contribution is -2.44. The van der Waals surface area contributed by atoms with Crippen molar-refractivity contribution >= 4 is 17.6 Å². The van der Waals surface area contributed by atoms with Crippen LogP contribution in [0.25, 0.3) is 0 Å². The summed E-state index contributed by atoms with van der Waals surface area (Å²) in [6.07, 6.45) is 2.82. The molecule has 2 atom stereocenters. The van der Waals surface area contributed by atoms with Crippen molar-refractivity contribution in [2.75, 3.05) is 20.2 Å². The number of amidine groups is 1. The van der Waals surface area contributed by atoms with Crippen LogP contribution in [0.2, 0.25) is 0 Å². The predicted octanol–water partition coefficient (Wildman–Crippen LogP) is 0.884. The number of ether oxygens (including phenoxy) is 1. The third-order valence-corrected chi connectivity index (χ3v) is 4.97. The number of carbonyl (C=O) groups excluding carboxylic acids is 2. The second-order valence-corrected chi connectivity index (χ2v) is 7.12. The molecule has 0 radical (unpaired) electrons.